The summed E-state index contributed by atoms with van der Waals surface area (Å²) in [5.41, 5.74) is 0.694. The molecule has 2 aromatic carbocycles. The molecule has 0 aromatic heterocycles. The molecule has 0 atom stereocenters. The van der Waals surface area contributed by atoms with Crippen LogP contribution in [0.2, 0.25) is 0 Å². The molecule has 0 saturated heterocycles. The van der Waals surface area contributed by atoms with Gasteiger partial charge in [-0.05, 0) is 30.7 Å². The molecule has 6 nitrogen and oxygen atoms in total. The lowest BCUT2D eigenvalue weighted by atomic mass is 9.99. The monoisotopic (exact) mass is 342 g/mol. The zero-order valence-electron chi connectivity index (χ0n) is 13.7. The van der Waals surface area contributed by atoms with Crippen molar-refractivity contribution in [3.63, 3.8) is 0 Å². The van der Waals surface area contributed by atoms with Gasteiger partial charge in [-0.15, -0.1) is 0 Å². The topological polar surface area (TPSA) is 93.1 Å². The third kappa shape index (κ3) is 4.17. The molecule has 0 saturated carbocycles. The van der Waals surface area contributed by atoms with Crippen LogP contribution in [0.4, 0.5) is 0 Å². The second kappa shape index (κ2) is 8.01. The van der Waals surface area contributed by atoms with Crippen LogP contribution in [0.15, 0.2) is 49.1 Å². The van der Waals surface area contributed by atoms with Gasteiger partial charge in [-0.2, -0.15) is 0 Å². The summed E-state index contributed by atoms with van der Waals surface area (Å²) in [4.78, 5) is 23.5. The zero-order chi connectivity index (χ0) is 18.4. The fourth-order valence-electron chi connectivity index (χ4n) is 2.19. The van der Waals surface area contributed by atoms with Gasteiger partial charge in [-0.3, -0.25) is 4.79 Å². The van der Waals surface area contributed by atoms with Crippen LogP contribution in [0.5, 0.6) is 17.2 Å². The third-order valence-electron chi connectivity index (χ3n) is 3.46. The molecule has 0 unspecified atom stereocenters. The average Bonchev–Trinajstić information content (AvgIpc) is 2.60. The predicted molar refractivity (Wildman–Crippen MR) is 91.0 cm³/mol. The Labute approximate surface area is 144 Å². The van der Waals surface area contributed by atoms with Crippen molar-refractivity contribution >= 4 is 11.8 Å². The molecule has 0 radical (unpaired) electrons. The van der Waals surface area contributed by atoms with Crippen LogP contribution < -0.4 is 4.74 Å². The highest BCUT2D eigenvalue weighted by atomic mass is 16.6. The summed E-state index contributed by atoms with van der Waals surface area (Å²) in [6, 6.07) is 9.15. The maximum Gasteiger partial charge on any atom is 0.330 e. The van der Waals surface area contributed by atoms with Crippen molar-refractivity contribution in [3.8, 4) is 17.2 Å². The number of aromatic hydroxyl groups is 2. The molecule has 2 rings (SSSR count). The number of hydrogen-bond donors (Lipinski definition) is 2. The summed E-state index contributed by atoms with van der Waals surface area (Å²) in [6.45, 7) is 4.96. The fourth-order valence-corrected chi connectivity index (χ4v) is 2.19. The van der Waals surface area contributed by atoms with Crippen molar-refractivity contribution in [2.24, 2.45) is 0 Å². The van der Waals surface area contributed by atoms with Crippen LogP contribution in [0.1, 0.15) is 21.5 Å². The van der Waals surface area contributed by atoms with Gasteiger partial charge in [0.25, 0.3) is 0 Å². The van der Waals surface area contributed by atoms with Gasteiger partial charge in [-0.1, -0.05) is 24.8 Å². The lowest BCUT2D eigenvalue weighted by Crippen LogP contribution is -2.11. The normalized spacial score (nSPS) is 10.1. The van der Waals surface area contributed by atoms with E-state index in [1.54, 1.807) is 25.1 Å². The Hall–Kier alpha value is -3.28. The van der Waals surface area contributed by atoms with Gasteiger partial charge in [0.15, 0.2) is 11.5 Å². The summed E-state index contributed by atoms with van der Waals surface area (Å²) in [5.74, 6) is -1.49. The van der Waals surface area contributed by atoms with Gasteiger partial charge < -0.3 is 19.7 Å². The molecule has 0 aliphatic heterocycles. The van der Waals surface area contributed by atoms with Crippen LogP contribution in [0.3, 0.4) is 0 Å². The van der Waals surface area contributed by atoms with Crippen molar-refractivity contribution in [3.05, 3.63) is 65.7 Å². The molecule has 0 fully saturated rings. The van der Waals surface area contributed by atoms with Crippen LogP contribution in [-0.4, -0.2) is 35.2 Å². The standard InChI is InChI=1S/C19H18O6/c1-3-16(21)24-10-11-25-19-12(2)8-9-14(18(19)23)17(22)13-6-4-5-7-15(13)20/h3-9,20,23H,1,10-11H2,2H3. The van der Waals surface area contributed by atoms with E-state index < -0.39 is 11.8 Å². The number of phenolic OH excluding ortho intramolecular Hbond substituents is 2. The highest BCUT2D eigenvalue weighted by molar-refractivity contribution is 6.12. The Morgan fingerprint density at radius 2 is 1.80 bits per heavy atom. The van der Waals surface area contributed by atoms with Crippen molar-refractivity contribution in [2.45, 2.75) is 6.92 Å². The molecular formula is C19H18O6. The van der Waals surface area contributed by atoms with E-state index in [1.165, 1.54) is 18.2 Å². The number of hydrogen-bond acceptors (Lipinski definition) is 6. The van der Waals surface area contributed by atoms with E-state index >= 15 is 0 Å². The first-order valence-corrected chi connectivity index (χ1v) is 7.53. The SMILES string of the molecule is C=CC(=O)OCCOc1c(C)ccc(C(=O)c2ccccc2O)c1O. The largest absolute Gasteiger partial charge is 0.507 e. The number of para-hydroxylation sites is 1. The number of carbonyl (C=O) groups is 2. The number of aryl methyl sites for hydroxylation is 1. The van der Waals surface area contributed by atoms with Gasteiger partial charge >= 0.3 is 5.97 Å². The van der Waals surface area contributed by atoms with Crippen molar-refractivity contribution in [2.75, 3.05) is 13.2 Å². The Morgan fingerprint density at radius 3 is 2.48 bits per heavy atom. The number of esters is 1. The minimum atomic E-state index is -0.576. The number of phenols is 2. The molecule has 25 heavy (non-hydrogen) atoms. The molecule has 6 heteroatoms. The van der Waals surface area contributed by atoms with E-state index in [1.807, 2.05) is 0 Å². The Balaban J connectivity index is 2.21. The lowest BCUT2D eigenvalue weighted by molar-refractivity contribution is -0.138. The predicted octanol–water partition coefficient (Wildman–Crippen LogP) is 2.75. The molecule has 0 spiro atoms. The highest BCUT2D eigenvalue weighted by Crippen LogP contribution is 2.35. The van der Waals surface area contributed by atoms with Crippen LogP contribution >= 0.6 is 0 Å². The lowest BCUT2D eigenvalue weighted by Gasteiger charge is -2.14. The maximum absolute atomic E-state index is 12.6. The van der Waals surface area contributed by atoms with Gasteiger partial charge in [0.1, 0.15) is 19.0 Å². The van der Waals surface area contributed by atoms with Crippen LogP contribution in [0.25, 0.3) is 0 Å². The van der Waals surface area contributed by atoms with Crippen LogP contribution in [-0.2, 0) is 9.53 Å². The molecule has 0 aliphatic carbocycles. The number of benzene rings is 2. The molecule has 0 heterocycles. The van der Waals surface area contributed by atoms with E-state index in [9.17, 15) is 19.8 Å². The zero-order valence-corrected chi connectivity index (χ0v) is 13.7. The number of ether oxygens (including phenoxy) is 2. The number of ketones is 1. The summed E-state index contributed by atoms with van der Waals surface area (Å²) in [7, 11) is 0. The van der Waals surface area contributed by atoms with Gasteiger partial charge in [0.2, 0.25) is 5.78 Å². The van der Waals surface area contributed by atoms with E-state index in [2.05, 4.69) is 6.58 Å². The summed E-state index contributed by atoms with van der Waals surface area (Å²) in [5, 5.41) is 20.2. The molecule has 0 aliphatic rings. The first-order valence-electron chi connectivity index (χ1n) is 7.53. The summed E-state index contributed by atoms with van der Waals surface area (Å²) < 4.78 is 10.2. The Kier molecular flexibility index (Phi) is 5.79. The van der Waals surface area contributed by atoms with Gasteiger partial charge in [0, 0.05) is 6.08 Å². The van der Waals surface area contributed by atoms with E-state index in [0.717, 1.165) is 6.08 Å². The first-order chi connectivity index (χ1) is 12.0. The van der Waals surface area contributed by atoms with Crippen molar-refractivity contribution in [1.82, 2.24) is 0 Å². The second-order valence-corrected chi connectivity index (χ2v) is 5.17. The first kappa shape index (κ1) is 18.1. The van der Waals surface area contributed by atoms with E-state index in [0.29, 0.717) is 5.56 Å². The number of rotatable bonds is 7. The Bertz CT molecular complexity index is 810. The fraction of sp³-hybridized carbons (Fsp3) is 0.158. The number of carbonyl (C=O) groups excluding carboxylic acids is 2. The maximum atomic E-state index is 12.6. The van der Waals surface area contributed by atoms with Gasteiger partial charge in [-0.25, -0.2) is 4.79 Å². The van der Waals surface area contributed by atoms with E-state index in [-0.39, 0.29) is 41.6 Å². The summed E-state index contributed by atoms with van der Waals surface area (Å²) >= 11 is 0. The highest BCUT2D eigenvalue weighted by Gasteiger charge is 2.20. The molecule has 0 bridgehead atoms. The van der Waals surface area contributed by atoms with Crippen molar-refractivity contribution < 1.29 is 29.3 Å². The minimum Gasteiger partial charge on any atom is -0.507 e. The molecule has 130 valence electrons. The quantitative estimate of drug-likeness (QED) is 0.348. The molecular weight excluding hydrogens is 324 g/mol. The van der Waals surface area contributed by atoms with Crippen LogP contribution in [0, 0.1) is 6.92 Å². The molecule has 0 amide bonds. The molecule has 2 N–H and O–H groups in total. The van der Waals surface area contributed by atoms with Crippen molar-refractivity contribution in [1.29, 1.82) is 0 Å². The smallest absolute Gasteiger partial charge is 0.330 e. The molecule has 2 aromatic rings. The minimum absolute atomic E-state index is 0.00219. The third-order valence-corrected chi connectivity index (χ3v) is 3.46. The Morgan fingerprint density at radius 1 is 1.08 bits per heavy atom. The van der Waals surface area contributed by atoms with Gasteiger partial charge in [0.05, 0.1) is 11.1 Å². The second-order valence-electron chi connectivity index (χ2n) is 5.17. The summed E-state index contributed by atoms with van der Waals surface area (Å²) in [6.07, 6.45) is 1.04. The van der Waals surface area contributed by atoms with E-state index in [4.69, 9.17) is 9.47 Å². The average molecular weight is 342 g/mol.